The fraction of sp³-hybridized carbons (Fsp3) is 0.231. The van der Waals surface area contributed by atoms with Crippen molar-refractivity contribution in [3.8, 4) is 0 Å². The van der Waals surface area contributed by atoms with Gasteiger partial charge in [0.1, 0.15) is 11.5 Å². The van der Waals surface area contributed by atoms with Gasteiger partial charge in [0.05, 0.1) is 6.54 Å². The van der Waals surface area contributed by atoms with Crippen LogP contribution in [0.2, 0.25) is 0 Å². The minimum absolute atomic E-state index is 0.466. The van der Waals surface area contributed by atoms with Gasteiger partial charge in [-0.1, -0.05) is 24.3 Å². The maximum atomic E-state index is 5.57. The molecule has 1 aromatic heterocycles. The topological polar surface area (TPSA) is 39.2 Å². The largest absolute Gasteiger partial charge is 0.464 e. The van der Waals surface area contributed by atoms with E-state index in [-0.39, 0.29) is 0 Å². The van der Waals surface area contributed by atoms with E-state index in [1.165, 1.54) is 11.1 Å². The lowest BCUT2D eigenvalue weighted by atomic mass is 10.1. The predicted octanol–water partition coefficient (Wildman–Crippen LogP) is 2.64. The molecule has 0 saturated heterocycles. The van der Waals surface area contributed by atoms with Crippen molar-refractivity contribution in [1.82, 2.24) is 0 Å². The zero-order chi connectivity index (χ0) is 10.7. The second-order valence-corrected chi connectivity index (χ2v) is 3.68. The third-order valence-electron chi connectivity index (χ3n) is 2.54. The van der Waals surface area contributed by atoms with E-state index in [0.29, 0.717) is 6.54 Å². The van der Waals surface area contributed by atoms with Crippen molar-refractivity contribution in [3.63, 3.8) is 0 Å². The van der Waals surface area contributed by atoms with Crippen molar-refractivity contribution < 1.29 is 4.42 Å². The van der Waals surface area contributed by atoms with Gasteiger partial charge in [0, 0.05) is 6.42 Å². The first-order valence-electron chi connectivity index (χ1n) is 5.12. The molecule has 1 heterocycles. The monoisotopic (exact) mass is 201 g/mol. The molecule has 0 fully saturated rings. The van der Waals surface area contributed by atoms with Gasteiger partial charge in [-0.25, -0.2) is 0 Å². The summed E-state index contributed by atoms with van der Waals surface area (Å²) in [4.78, 5) is 0. The quantitative estimate of drug-likeness (QED) is 0.829. The molecule has 0 aliphatic heterocycles. The number of hydrogen-bond donors (Lipinski definition) is 1. The van der Waals surface area contributed by atoms with Crippen LogP contribution in [0.3, 0.4) is 0 Å². The fourth-order valence-corrected chi connectivity index (χ4v) is 1.62. The Morgan fingerprint density at radius 1 is 1.07 bits per heavy atom. The zero-order valence-electron chi connectivity index (χ0n) is 8.86. The highest BCUT2D eigenvalue weighted by atomic mass is 16.3. The van der Waals surface area contributed by atoms with Crippen molar-refractivity contribution in [2.24, 2.45) is 5.73 Å². The number of hydrogen-bond acceptors (Lipinski definition) is 2. The summed E-state index contributed by atoms with van der Waals surface area (Å²) in [6, 6.07) is 12.3. The lowest BCUT2D eigenvalue weighted by Gasteiger charge is -2.02. The van der Waals surface area contributed by atoms with Gasteiger partial charge in [0.25, 0.3) is 0 Å². The maximum absolute atomic E-state index is 5.57. The first kappa shape index (κ1) is 9.99. The first-order valence-corrected chi connectivity index (χ1v) is 5.12. The minimum Gasteiger partial charge on any atom is -0.464 e. The maximum Gasteiger partial charge on any atom is 0.117 e. The molecular formula is C13H15NO. The van der Waals surface area contributed by atoms with E-state index in [4.69, 9.17) is 10.2 Å². The standard InChI is InChI=1S/C13H15NO/c1-10-4-2-3-5-11(10)8-12-6-7-13(9-14)15-12/h2-7H,8-9,14H2,1H3. The predicted molar refractivity (Wildman–Crippen MR) is 60.6 cm³/mol. The summed E-state index contributed by atoms with van der Waals surface area (Å²) in [7, 11) is 0. The molecule has 15 heavy (non-hydrogen) atoms. The Labute approximate surface area is 89.7 Å². The molecule has 0 atom stereocenters. The van der Waals surface area contributed by atoms with E-state index >= 15 is 0 Å². The first-order chi connectivity index (χ1) is 7.29. The molecule has 2 N–H and O–H groups in total. The molecule has 2 aromatic rings. The van der Waals surface area contributed by atoms with Gasteiger partial charge < -0.3 is 10.2 Å². The molecule has 2 nitrogen and oxygen atoms in total. The molecule has 1 aromatic carbocycles. The van der Waals surface area contributed by atoms with Crippen molar-refractivity contribution in [3.05, 3.63) is 59.0 Å². The van der Waals surface area contributed by atoms with E-state index in [0.717, 1.165) is 17.9 Å². The average molecular weight is 201 g/mol. The van der Waals surface area contributed by atoms with Crippen LogP contribution in [-0.2, 0) is 13.0 Å². The second kappa shape index (κ2) is 4.32. The summed E-state index contributed by atoms with van der Waals surface area (Å²) in [5, 5.41) is 0. The molecule has 0 radical (unpaired) electrons. The highest BCUT2D eigenvalue weighted by Gasteiger charge is 2.03. The van der Waals surface area contributed by atoms with Crippen LogP contribution >= 0.6 is 0 Å². The van der Waals surface area contributed by atoms with Crippen LogP contribution in [0.25, 0.3) is 0 Å². The molecule has 2 heteroatoms. The van der Waals surface area contributed by atoms with Gasteiger partial charge in [0.2, 0.25) is 0 Å². The van der Waals surface area contributed by atoms with Crippen LogP contribution in [0, 0.1) is 6.92 Å². The van der Waals surface area contributed by atoms with Crippen LogP contribution in [0.1, 0.15) is 22.6 Å². The summed E-state index contributed by atoms with van der Waals surface area (Å²) >= 11 is 0. The van der Waals surface area contributed by atoms with Crippen LogP contribution in [0.4, 0.5) is 0 Å². The van der Waals surface area contributed by atoms with Gasteiger partial charge in [-0.3, -0.25) is 0 Å². The summed E-state index contributed by atoms with van der Waals surface area (Å²) in [6.45, 7) is 2.58. The van der Waals surface area contributed by atoms with Crippen molar-refractivity contribution >= 4 is 0 Å². The number of furan rings is 1. The number of rotatable bonds is 3. The lowest BCUT2D eigenvalue weighted by Crippen LogP contribution is -1.93. The zero-order valence-corrected chi connectivity index (χ0v) is 8.86. The van der Waals surface area contributed by atoms with Gasteiger partial charge in [-0.15, -0.1) is 0 Å². The number of benzene rings is 1. The Morgan fingerprint density at radius 2 is 1.80 bits per heavy atom. The molecular weight excluding hydrogens is 186 g/mol. The molecule has 2 rings (SSSR count). The van der Waals surface area contributed by atoms with Crippen molar-refractivity contribution in [1.29, 1.82) is 0 Å². The smallest absolute Gasteiger partial charge is 0.117 e. The number of aryl methyl sites for hydroxylation is 1. The Hall–Kier alpha value is -1.54. The van der Waals surface area contributed by atoms with E-state index in [1.807, 2.05) is 18.2 Å². The van der Waals surface area contributed by atoms with E-state index in [1.54, 1.807) is 0 Å². The SMILES string of the molecule is Cc1ccccc1Cc1ccc(CN)o1. The highest BCUT2D eigenvalue weighted by molar-refractivity contribution is 5.29. The minimum atomic E-state index is 0.466. The lowest BCUT2D eigenvalue weighted by molar-refractivity contribution is 0.475. The molecule has 0 aliphatic carbocycles. The van der Waals surface area contributed by atoms with Crippen molar-refractivity contribution in [2.45, 2.75) is 19.9 Å². The van der Waals surface area contributed by atoms with Gasteiger partial charge in [0.15, 0.2) is 0 Å². The summed E-state index contributed by atoms with van der Waals surface area (Å²) < 4.78 is 5.57. The molecule has 0 bridgehead atoms. The van der Waals surface area contributed by atoms with Crippen LogP contribution < -0.4 is 5.73 Å². The van der Waals surface area contributed by atoms with Gasteiger partial charge in [-0.2, -0.15) is 0 Å². The third kappa shape index (κ3) is 2.28. The van der Waals surface area contributed by atoms with E-state index < -0.39 is 0 Å². The Kier molecular flexibility index (Phi) is 2.88. The van der Waals surface area contributed by atoms with Gasteiger partial charge in [-0.05, 0) is 30.2 Å². The van der Waals surface area contributed by atoms with Crippen molar-refractivity contribution in [2.75, 3.05) is 0 Å². The van der Waals surface area contributed by atoms with E-state index in [2.05, 4.69) is 25.1 Å². The third-order valence-corrected chi connectivity index (χ3v) is 2.54. The second-order valence-electron chi connectivity index (χ2n) is 3.68. The Morgan fingerprint density at radius 3 is 2.47 bits per heavy atom. The van der Waals surface area contributed by atoms with Crippen LogP contribution in [0.15, 0.2) is 40.8 Å². The molecule has 0 aliphatic rings. The highest BCUT2D eigenvalue weighted by Crippen LogP contribution is 2.15. The summed E-state index contributed by atoms with van der Waals surface area (Å²) in [5.74, 6) is 1.82. The molecule has 0 saturated carbocycles. The fourth-order valence-electron chi connectivity index (χ4n) is 1.62. The van der Waals surface area contributed by atoms with Crippen LogP contribution in [0.5, 0.6) is 0 Å². The molecule has 0 spiro atoms. The normalized spacial score (nSPS) is 10.5. The Bertz CT molecular complexity index is 445. The van der Waals surface area contributed by atoms with Gasteiger partial charge >= 0.3 is 0 Å². The molecule has 78 valence electrons. The summed E-state index contributed by atoms with van der Waals surface area (Å²) in [6.07, 6.45) is 0.840. The molecule has 0 amide bonds. The van der Waals surface area contributed by atoms with Crippen LogP contribution in [-0.4, -0.2) is 0 Å². The Balaban J connectivity index is 2.18. The average Bonchev–Trinajstić information content (AvgIpc) is 2.69. The molecule has 0 unspecified atom stereocenters. The number of nitrogens with two attached hydrogens (primary N) is 1. The van der Waals surface area contributed by atoms with E-state index in [9.17, 15) is 0 Å². The summed E-state index contributed by atoms with van der Waals surface area (Å²) in [5.41, 5.74) is 8.09.